The Balaban J connectivity index is 0.000000561. The van der Waals surface area contributed by atoms with Gasteiger partial charge in [-0.3, -0.25) is 0 Å². The van der Waals surface area contributed by atoms with Gasteiger partial charge in [0.1, 0.15) is 16.7 Å². The minimum Gasteiger partial charge on any atom is -0.205 e. The molecule has 0 N–H and O–H groups in total. The number of rotatable bonds is 0. The van der Waals surface area contributed by atoms with Gasteiger partial charge >= 0.3 is 0 Å². The van der Waals surface area contributed by atoms with Crippen LogP contribution in [0, 0.1) is 18.6 Å². The third-order valence-electron chi connectivity index (χ3n) is 1.13. The van der Waals surface area contributed by atoms with Gasteiger partial charge in [0.2, 0.25) is 0 Å². The van der Waals surface area contributed by atoms with Crippen LogP contribution in [0.1, 0.15) is 19.4 Å². The van der Waals surface area contributed by atoms with Crippen LogP contribution < -0.4 is 0 Å². The summed E-state index contributed by atoms with van der Waals surface area (Å²) >= 11 is 5.20. The molecule has 1 aromatic rings. The van der Waals surface area contributed by atoms with Crippen LogP contribution in [-0.4, -0.2) is 0 Å². The highest BCUT2D eigenvalue weighted by Gasteiger charge is 2.05. The zero-order chi connectivity index (χ0) is 9.72. The number of aryl methyl sites for hydroxylation is 1. The molecule has 0 unspecified atom stereocenters. The third kappa shape index (κ3) is 2.78. The summed E-state index contributed by atoms with van der Waals surface area (Å²) in [6.45, 7) is 5.60. The van der Waals surface area contributed by atoms with Gasteiger partial charge in [0.05, 0.1) is 0 Å². The van der Waals surface area contributed by atoms with E-state index in [2.05, 4.69) is 0 Å². The molecule has 12 heavy (non-hydrogen) atoms. The average Bonchev–Trinajstić information content (AvgIpc) is 2.04. The van der Waals surface area contributed by atoms with Gasteiger partial charge in [-0.1, -0.05) is 25.4 Å². The van der Waals surface area contributed by atoms with Crippen molar-refractivity contribution in [3.63, 3.8) is 0 Å². The van der Waals surface area contributed by atoms with Gasteiger partial charge in [0, 0.05) is 0 Å². The summed E-state index contributed by atoms with van der Waals surface area (Å²) in [5, 5.41) is -0.439. The van der Waals surface area contributed by atoms with Crippen molar-refractivity contribution in [3.05, 3.63) is 34.4 Å². The Morgan fingerprint density at radius 2 is 1.42 bits per heavy atom. The van der Waals surface area contributed by atoms with Crippen LogP contribution in [-0.2, 0) is 0 Å². The zero-order valence-electron chi connectivity index (χ0n) is 7.29. The van der Waals surface area contributed by atoms with E-state index in [1.54, 1.807) is 6.92 Å². The molecule has 0 atom stereocenters. The third-order valence-corrected chi connectivity index (χ3v) is 1.49. The quantitative estimate of drug-likeness (QED) is 0.546. The van der Waals surface area contributed by atoms with E-state index in [0.717, 1.165) is 0 Å². The Kier molecular flexibility index (Phi) is 4.83. The molecular weight excluding hydrogens is 182 g/mol. The van der Waals surface area contributed by atoms with Gasteiger partial charge in [-0.05, 0) is 24.6 Å². The highest BCUT2D eigenvalue weighted by Crippen LogP contribution is 2.19. The highest BCUT2D eigenvalue weighted by molar-refractivity contribution is 6.30. The molecule has 0 aromatic heterocycles. The van der Waals surface area contributed by atoms with E-state index in [0.29, 0.717) is 5.56 Å². The van der Waals surface area contributed by atoms with Crippen LogP contribution in [0.15, 0.2) is 12.1 Å². The normalized spacial score (nSPS) is 8.83. The molecule has 0 saturated heterocycles. The molecule has 0 nitrogen and oxygen atoms in total. The van der Waals surface area contributed by atoms with Gasteiger partial charge in [0.15, 0.2) is 0 Å². The van der Waals surface area contributed by atoms with Gasteiger partial charge < -0.3 is 0 Å². The molecule has 0 heterocycles. The van der Waals surface area contributed by atoms with Crippen molar-refractivity contribution in [2.75, 3.05) is 0 Å². The van der Waals surface area contributed by atoms with Gasteiger partial charge in [-0.2, -0.15) is 0 Å². The summed E-state index contributed by atoms with van der Waals surface area (Å²) in [7, 11) is 0. The lowest BCUT2D eigenvalue weighted by Crippen LogP contribution is -1.84. The number of hydrogen-bond acceptors (Lipinski definition) is 0. The smallest absolute Gasteiger partial charge is 0.145 e. The fourth-order valence-corrected chi connectivity index (χ4v) is 0.791. The standard InChI is InChI=1S/C7H5ClF2.C2H6/c1-4-2-5(9)7(8)6(10)3-4;1-2/h2-3H,1H3;1-2H3. The molecule has 0 aliphatic rings. The molecule has 0 radical (unpaired) electrons. The molecule has 3 heteroatoms. The zero-order valence-corrected chi connectivity index (χ0v) is 8.04. The second-order valence-corrected chi connectivity index (χ2v) is 2.42. The lowest BCUT2D eigenvalue weighted by molar-refractivity contribution is 0.582. The maximum atomic E-state index is 12.5. The summed E-state index contributed by atoms with van der Waals surface area (Å²) < 4.78 is 24.9. The summed E-state index contributed by atoms with van der Waals surface area (Å²) in [6, 6.07) is 2.37. The van der Waals surface area contributed by atoms with E-state index >= 15 is 0 Å². The molecule has 0 amide bonds. The summed E-state index contributed by atoms with van der Waals surface area (Å²) in [5.41, 5.74) is 0.527. The van der Waals surface area contributed by atoms with Gasteiger partial charge in [-0.25, -0.2) is 8.78 Å². The molecule has 1 aromatic carbocycles. The molecule has 1 rings (SSSR count). The van der Waals surface area contributed by atoms with Crippen LogP contribution in [0.25, 0.3) is 0 Å². The fraction of sp³-hybridized carbons (Fsp3) is 0.333. The Morgan fingerprint density at radius 3 is 1.75 bits per heavy atom. The lowest BCUT2D eigenvalue weighted by Gasteiger charge is -1.96. The Labute approximate surface area is 76.2 Å². The molecule has 0 aliphatic heterocycles. The van der Waals surface area contributed by atoms with E-state index in [1.165, 1.54) is 12.1 Å². The summed E-state index contributed by atoms with van der Waals surface area (Å²) in [5.74, 6) is -1.42. The van der Waals surface area contributed by atoms with E-state index in [1.807, 2.05) is 13.8 Å². The van der Waals surface area contributed by atoms with Crippen molar-refractivity contribution < 1.29 is 8.78 Å². The minimum atomic E-state index is -0.709. The maximum Gasteiger partial charge on any atom is 0.145 e. The predicted octanol–water partition coefficient (Wildman–Crippen LogP) is 3.95. The monoisotopic (exact) mass is 192 g/mol. The molecule has 0 bridgehead atoms. The second kappa shape index (κ2) is 5.09. The van der Waals surface area contributed by atoms with E-state index in [9.17, 15) is 8.78 Å². The first-order valence-corrected chi connectivity index (χ1v) is 4.10. The first-order chi connectivity index (χ1) is 5.61. The SMILES string of the molecule is CC.Cc1cc(F)c(Cl)c(F)c1. The van der Waals surface area contributed by atoms with Crippen molar-refractivity contribution >= 4 is 11.6 Å². The van der Waals surface area contributed by atoms with E-state index in [4.69, 9.17) is 11.6 Å². The van der Waals surface area contributed by atoms with Gasteiger partial charge in [-0.15, -0.1) is 0 Å². The highest BCUT2D eigenvalue weighted by atomic mass is 35.5. The first kappa shape index (κ1) is 11.4. The Morgan fingerprint density at radius 1 is 1.08 bits per heavy atom. The summed E-state index contributed by atoms with van der Waals surface area (Å²) in [6.07, 6.45) is 0. The van der Waals surface area contributed by atoms with Crippen LogP contribution >= 0.6 is 11.6 Å². The maximum absolute atomic E-state index is 12.5. The fourth-order valence-electron chi connectivity index (χ4n) is 0.682. The van der Waals surface area contributed by atoms with Crippen molar-refractivity contribution in [1.82, 2.24) is 0 Å². The number of hydrogen-bond donors (Lipinski definition) is 0. The lowest BCUT2D eigenvalue weighted by atomic mass is 10.2. The summed E-state index contributed by atoms with van der Waals surface area (Å²) in [4.78, 5) is 0. The molecular formula is C9H11ClF2. The van der Waals surface area contributed by atoms with Crippen LogP contribution in [0.2, 0.25) is 5.02 Å². The van der Waals surface area contributed by atoms with E-state index < -0.39 is 16.7 Å². The van der Waals surface area contributed by atoms with Crippen LogP contribution in [0.4, 0.5) is 8.78 Å². The Bertz CT molecular complexity index is 236. The number of halogens is 3. The average molecular weight is 193 g/mol. The van der Waals surface area contributed by atoms with Crippen molar-refractivity contribution in [2.45, 2.75) is 20.8 Å². The largest absolute Gasteiger partial charge is 0.205 e. The first-order valence-electron chi connectivity index (χ1n) is 3.72. The van der Waals surface area contributed by atoms with Crippen LogP contribution in [0.5, 0.6) is 0 Å². The predicted molar refractivity (Wildman–Crippen MR) is 47.5 cm³/mol. The molecule has 0 aliphatic carbocycles. The minimum absolute atomic E-state index is 0.439. The molecule has 0 saturated carbocycles. The van der Waals surface area contributed by atoms with Crippen LogP contribution in [0.3, 0.4) is 0 Å². The van der Waals surface area contributed by atoms with E-state index in [-0.39, 0.29) is 0 Å². The molecule has 68 valence electrons. The Hall–Kier alpha value is -0.630. The number of benzene rings is 1. The van der Waals surface area contributed by atoms with Crippen molar-refractivity contribution in [3.8, 4) is 0 Å². The molecule has 0 fully saturated rings. The topological polar surface area (TPSA) is 0 Å². The van der Waals surface area contributed by atoms with Crippen molar-refractivity contribution in [1.29, 1.82) is 0 Å². The van der Waals surface area contributed by atoms with Gasteiger partial charge in [0.25, 0.3) is 0 Å². The second-order valence-electron chi connectivity index (χ2n) is 2.04. The van der Waals surface area contributed by atoms with Crippen molar-refractivity contribution in [2.24, 2.45) is 0 Å². The molecule has 0 spiro atoms.